The van der Waals surface area contributed by atoms with Crippen LogP contribution in [0.5, 0.6) is 5.75 Å². The highest BCUT2D eigenvalue weighted by molar-refractivity contribution is 5.35. The van der Waals surface area contributed by atoms with Gasteiger partial charge in [0, 0.05) is 11.6 Å². The Kier molecular flexibility index (Phi) is 4.43. The molecule has 0 saturated heterocycles. The first-order chi connectivity index (χ1) is 8.27. The van der Waals surface area contributed by atoms with Crippen LogP contribution in [0.25, 0.3) is 0 Å². The zero-order valence-corrected chi connectivity index (χ0v) is 10.7. The number of hydrogen-bond acceptors (Lipinski definition) is 2. The van der Waals surface area contributed by atoms with Crippen molar-refractivity contribution in [3.8, 4) is 5.75 Å². The molecule has 2 nitrogen and oxygen atoms in total. The van der Waals surface area contributed by atoms with Crippen molar-refractivity contribution in [2.24, 2.45) is 11.7 Å². The van der Waals surface area contributed by atoms with Crippen molar-refractivity contribution in [1.29, 1.82) is 0 Å². The average molecular weight is 233 g/mol. The number of ether oxygens (including phenoxy) is 1. The molecule has 2 heteroatoms. The highest BCUT2D eigenvalue weighted by Gasteiger charge is 2.15. The molecular formula is C15H23NO. The predicted octanol–water partition coefficient (Wildman–Crippen LogP) is 3.67. The number of benzene rings is 1. The summed E-state index contributed by atoms with van der Waals surface area (Å²) < 4.78 is 5.96. The number of hydrogen-bond donors (Lipinski definition) is 1. The molecule has 0 heterocycles. The summed E-state index contributed by atoms with van der Waals surface area (Å²) in [6.07, 6.45) is 6.76. The van der Waals surface area contributed by atoms with E-state index < -0.39 is 0 Å². The number of para-hydroxylation sites is 1. The maximum Gasteiger partial charge on any atom is 0.124 e. The average Bonchev–Trinajstić information content (AvgIpc) is 2.38. The smallest absolute Gasteiger partial charge is 0.124 e. The van der Waals surface area contributed by atoms with Crippen molar-refractivity contribution in [2.75, 3.05) is 6.61 Å². The topological polar surface area (TPSA) is 35.2 Å². The van der Waals surface area contributed by atoms with Gasteiger partial charge in [0.15, 0.2) is 0 Å². The third-order valence-corrected chi connectivity index (χ3v) is 3.61. The zero-order valence-electron chi connectivity index (χ0n) is 10.7. The molecule has 0 aliphatic heterocycles. The first-order valence-corrected chi connectivity index (χ1v) is 6.74. The first-order valence-electron chi connectivity index (χ1n) is 6.74. The van der Waals surface area contributed by atoms with E-state index in [9.17, 15) is 0 Å². The van der Waals surface area contributed by atoms with E-state index in [2.05, 4.69) is 6.07 Å². The maximum absolute atomic E-state index is 5.96. The fourth-order valence-corrected chi connectivity index (χ4v) is 2.55. The number of nitrogens with two attached hydrogens (primary N) is 1. The van der Waals surface area contributed by atoms with Gasteiger partial charge in [-0.25, -0.2) is 0 Å². The van der Waals surface area contributed by atoms with Gasteiger partial charge < -0.3 is 10.5 Å². The third kappa shape index (κ3) is 3.47. The largest absolute Gasteiger partial charge is 0.493 e. The van der Waals surface area contributed by atoms with Gasteiger partial charge in [-0.15, -0.1) is 0 Å². The van der Waals surface area contributed by atoms with Crippen molar-refractivity contribution in [3.05, 3.63) is 29.8 Å². The molecule has 2 N–H and O–H groups in total. The van der Waals surface area contributed by atoms with Crippen molar-refractivity contribution < 1.29 is 4.74 Å². The van der Waals surface area contributed by atoms with Gasteiger partial charge in [-0.05, 0) is 31.7 Å². The molecule has 1 aromatic carbocycles. The molecule has 0 spiro atoms. The van der Waals surface area contributed by atoms with Gasteiger partial charge in [0.25, 0.3) is 0 Å². The van der Waals surface area contributed by atoms with Crippen LogP contribution in [0.2, 0.25) is 0 Å². The van der Waals surface area contributed by atoms with Crippen LogP contribution in [-0.2, 0) is 0 Å². The van der Waals surface area contributed by atoms with E-state index in [1.165, 1.54) is 32.1 Å². The second-order valence-electron chi connectivity index (χ2n) is 5.14. The molecule has 17 heavy (non-hydrogen) atoms. The van der Waals surface area contributed by atoms with E-state index in [-0.39, 0.29) is 6.04 Å². The van der Waals surface area contributed by atoms with Crippen LogP contribution in [0.4, 0.5) is 0 Å². The summed E-state index contributed by atoms with van der Waals surface area (Å²) in [6.45, 7) is 2.85. The standard InChI is InChI=1S/C15H23NO/c1-12(16)14-9-5-6-10-15(14)17-11-13-7-3-2-4-8-13/h5-6,9-10,12-13H,2-4,7-8,11,16H2,1H3. The highest BCUT2D eigenvalue weighted by atomic mass is 16.5. The van der Waals surface area contributed by atoms with Crippen LogP contribution in [0, 0.1) is 5.92 Å². The summed E-state index contributed by atoms with van der Waals surface area (Å²) in [5.41, 5.74) is 7.06. The molecule has 94 valence electrons. The van der Waals surface area contributed by atoms with E-state index in [1.807, 2.05) is 25.1 Å². The summed E-state index contributed by atoms with van der Waals surface area (Å²) in [4.78, 5) is 0. The summed E-state index contributed by atoms with van der Waals surface area (Å²) in [7, 11) is 0. The molecular weight excluding hydrogens is 210 g/mol. The van der Waals surface area contributed by atoms with Gasteiger partial charge in [-0.1, -0.05) is 37.5 Å². The Hall–Kier alpha value is -1.02. The molecule has 1 aliphatic rings. The summed E-state index contributed by atoms with van der Waals surface area (Å²) in [5, 5.41) is 0. The van der Waals surface area contributed by atoms with Gasteiger partial charge >= 0.3 is 0 Å². The maximum atomic E-state index is 5.96. The molecule has 0 radical (unpaired) electrons. The second-order valence-corrected chi connectivity index (χ2v) is 5.14. The van der Waals surface area contributed by atoms with Crippen LogP contribution >= 0.6 is 0 Å². The Morgan fingerprint density at radius 1 is 1.24 bits per heavy atom. The lowest BCUT2D eigenvalue weighted by Gasteiger charge is -2.22. The Morgan fingerprint density at radius 3 is 2.65 bits per heavy atom. The molecule has 2 rings (SSSR count). The van der Waals surface area contributed by atoms with Crippen molar-refractivity contribution in [3.63, 3.8) is 0 Å². The van der Waals surface area contributed by atoms with Crippen LogP contribution in [0.1, 0.15) is 50.6 Å². The van der Waals surface area contributed by atoms with E-state index in [0.717, 1.165) is 23.8 Å². The monoisotopic (exact) mass is 233 g/mol. The number of rotatable bonds is 4. The molecule has 1 atom stereocenters. The predicted molar refractivity (Wildman–Crippen MR) is 71.1 cm³/mol. The molecule has 0 aromatic heterocycles. The van der Waals surface area contributed by atoms with E-state index in [4.69, 9.17) is 10.5 Å². The lowest BCUT2D eigenvalue weighted by atomic mass is 9.90. The Morgan fingerprint density at radius 2 is 1.94 bits per heavy atom. The zero-order chi connectivity index (χ0) is 12.1. The third-order valence-electron chi connectivity index (χ3n) is 3.61. The SMILES string of the molecule is CC(N)c1ccccc1OCC1CCCCC1. The molecule has 1 fully saturated rings. The molecule has 0 amide bonds. The van der Waals surface area contributed by atoms with Crippen molar-refractivity contribution in [1.82, 2.24) is 0 Å². The van der Waals surface area contributed by atoms with Gasteiger partial charge in [0.1, 0.15) is 5.75 Å². The second kappa shape index (κ2) is 6.06. The van der Waals surface area contributed by atoms with E-state index in [1.54, 1.807) is 0 Å². The minimum Gasteiger partial charge on any atom is -0.493 e. The van der Waals surface area contributed by atoms with Crippen LogP contribution < -0.4 is 10.5 Å². The van der Waals surface area contributed by atoms with Crippen LogP contribution in [0.15, 0.2) is 24.3 Å². The Labute approximate surface area is 104 Å². The molecule has 1 unspecified atom stereocenters. The Bertz CT molecular complexity index is 343. The molecule has 1 aliphatic carbocycles. The van der Waals surface area contributed by atoms with Crippen LogP contribution in [0.3, 0.4) is 0 Å². The van der Waals surface area contributed by atoms with Crippen molar-refractivity contribution >= 4 is 0 Å². The normalized spacial score (nSPS) is 18.9. The summed E-state index contributed by atoms with van der Waals surface area (Å²) in [6, 6.07) is 8.16. The minimum absolute atomic E-state index is 0.0394. The quantitative estimate of drug-likeness (QED) is 0.861. The fourth-order valence-electron chi connectivity index (χ4n) is 2.55. The summed E-state index contributed by atoms with van der Waals surface area (Å²) in [5.74, 6) is 1.71. The first kappa shape index (κ1) is 12.4. The van der Waals surface area contributed by atoms with Crippen LogP contribution in [-0.4, -0.2) is 6.61 Å². The van der Waals surface area contributed by atoms with Crippen molar-refractivity contribution in [2.45, 2.75) is 45.1 Å². The van der Waals surface area contributed by atoms with Gasteiger partial charge in [-0.2, -0.15) is 0 Å². The Balaban J connectivity index is 1.93. The lowest BCUT2D eigenvalue weighted by molar-refractivity contribution is 0.207. The highest BCUT2D eigenvalue weighted by Crippen LogP contribution is 2.27. The molecule has 1 aromatic rings. The van der Waals surface area contributed by atoms with Gasteiger partial charge in [-0.3, -0.25) is 0 Å². The lowest BCUT2D eigenvalue weighted by Crippen LogP contribution is -2.16. The van der Waals surface area contributed by atoms with Gasteiger partial charge in [0.05, 0.1) is 6.61 Å². The van der Waals surface area contributed by atoms with Gasteiger partial charge in [0.2, 0.25) is 0 Å². The van der Waals surface area contributed by atoms with E-state index >= 15 is 0 Å². The molecule has 1 saturated carbocycles. The fraction of sp³-hybridized carbons (Fsp3) is 0.600. The summed E-state index contributed by atoms with van der Waals surface area (Å²) >= 11 is 0. The van der Waals surface area contributed by atoms with E-state index in [0.29, 0.717) is 0 Å². The molecule has 0 bridgehead atoms. The minimum atomic E-state index is 0.0394.